The first-order valence-corrected chi connectivity index (χ1v) is 5.97. The number of aliphatic hydroxyl groups excluding tert-OH is 1. The molecule has 0 saturated heterocycles. The Morgan fingerprint density at radius 2 is 2.30 bits per heavy atom. The number of aliphatic hydroxyl groups is 1. The molecule has 0 aliphatic heterocycles. The molecule has 1 rings (SSSR count). The van der Waals surface area contributed by atoms with E-state index in [1.54, 1.807) is 0 Å². The summed E-state index contributed by atoms with van der Waals surface area (Å²) < 4.78 is 4.70. The lowest BCUT2D eigenvalue weighted by atomic mass is 10.3. The number of anilines is 1. The van der Waals surface area contributed by atoms with E-state index in [2.05, 4.69) is 10.6 Å². The molecule has 0 bridgehead atoms. The van der Waals surface area contributed by atoms with Gasteiger partial charge in [-0.05, 0) is 6.07 Å². The number of hydrogen-bond donors (Lipinski definition) is 3. The Balaban J connectivity index is 2.56. The van der Waals surface area contributed by atoms with Crippen molar-refractivity contribution >= 4 is 29.0 Å². The minimum absolute atomic E-state index is 0.00424. The highest BCUT2D eigenvalue weighted by atomic mass is 35.5. The van der Waals surface area contributed by atoms with Crippen LogP contribution in [0.5, 0.6) is 0 Å². The van der Waals surface area contributed by atoms with Gasteiger partial charge in [0.15, 0.2) is 0 Å². The Morgan fingerprint density at radius 1 is 1.60 bits per heavy atom. The van der Waals surface area contributed by atoms with Crippen LogP contribution in [0.2, 0.25) is 5.02 Å². The number of halogens is 1. The molecule has 1 atom stereocenters. The van der Waals surface area contributed by atoms with Crippen molar-refractivity contribution in [1.29, 1.82) is 0 Å². The number of non-ortho nitro benzene ring substituents is 1. The summed E-state index contributed by atoms with van der Waals surface area (Å²) in [7, 11) is 1.43. The van der Waals surface area contributed by atoms with Gasteiger partial charge >= 0.3 is 6.03 Å². The van der Waals surface area contributed by atoms with Crippen molar-refractivity contribution in [1.82, 2.24) is 5.32 Å². The second kappa shape index (κ2) is 7.63. The molecule has 1 aromatic carbocycles. The normalized spacial score (nSPS) is 11.8. The molecule has 0 radical (unpaired) electrons. The van der Waals surface area contributed by atoms with E-state index in [-0.39, 0.29) is 29.5 Å². The zero-order valence-corrected chi connectivity index (χ0v) is 11.4. The minimum atomic E-state index is -0.821. The predicted molar refractivity (Wildman–Crippen MR) is 73.0 cm³/mol. The Hall–Kier alpha value is -1.90. The molecule has 0 saturated carbocycles. The van der Waals surface area contributed by atoms with E-state index >= 15 is 0 Å². The van der Waals surface area contributed by atoms with E-state index in [4.69, 9.17) is 16.3 Å². The second-order valence-corrected chi connectivity index (χ2v) is 4.27. The Labute approximate surface area is 119 Å². The van der Waals surface area contributed by atoms with Crippen LogP contribution < -0.4 is 10.6 Å². The first-order valence-electron chi connectivity index (χ1n) is 5.60. The number of urea groups is 1. The largest absolute Gasteiger partial charge is 0.389 e. The van der Waals surface area contributed by atoms with Crippen molar-refractivity contribution in [2.75, 3.05) is 25.6 Å². The number of carbonyl (C=O) groups excluding carboxylic acids is 1. The minimum Gasteiger partial charge on any atom is -0.389 e. The lowest BCUT2D eigenvalue weighted by molar-refractivity contribution is -0.384. The molecule has 0 spiro atoms. The smallest absolute Gasteiger partial charge is 0.319 e. The highest BCUT2D eigenvalue weighted by Crippen LogP contribution is 2.26. The van der Waals surface area contributed by atoms with Gasteiger partial charge in [-0.2, -0.15) is 0 Å². The maximum atomic E-state index is 11.5. The number of methoxy groups -OCH3 is 1. The molecule has 3 N–H and O–H groups in total. The van der Waals surface area contributed by atoms with Gasteiger partial charge in [-0.1, -0.05) is 11.6 Å². The zero-order valence-electron chi connectivity index (χ0n) is 10.6. The number of rotatable bonds is 6. The SMILES string of the molecule is COC[C@H](O)CNC(=O)Nc1ccc([N+](=O)[O-])cc1Cl. The number of nitro benzene ring substituents is 1. The monoisotopic (exact) mass is 303 g/mol. The topological polar surface area (TPSA) is 114 Å². The predicted octanol–water partition coefficient (Wildman–Crippen LogP) is 1.38. The van der Waals surface area contributed by atoms with Crippen molar-refractivity contribution in [3.63, 3.8) is 0 Å². The average molecular weight is 304 g/mol. The first kappa shape index (κ1) is 16.2. The van der Waals surface area contributed by atoms with Crippen LogP contribution in [-0.2, 0) is 4.74 Å². The molecule has 0 aliphatic carbocycles. The summed E-state index contributed by atoms with van der Waals surface area (Å²) in [6, 6.07) is 3.10. The Bertz CT molecular complexity index is 497. The number of nitrogens with zero attached hydrogens (tertiary/aromatic N) is 1. The van der Waals surface area contributed by atoms with Crippen LogP contribution in [0.4, 0.5) is 16.2 Å². The van der Waals surface area contributed by atoms with Gasteiger partial charge in [0.25, 0.3) is 5.69 Å². The third-order valence-corrected chi connectivity index (χ3v) is 2.58. The summed E-state index contributed by atoms with van der Waals surface area (Å²) in [6.45, 7) is 0.100. The fourth-order valence-electron chi connectivity index (χ4n) is 1.35. The van der Waals surface area contributed by atoms with E-state index in [0.717, 1.165) is 6.07 Å². The summed E-state index contributed by atoms with van der Waals surface area (Å²) in [6.07, 6.45) is -0.821. The highest BCUT2D eigenvalue weighted by Gasteiger charge is 2.12. The molecule has 110 valence electrons. The van der Waals surface area contributed by atoms with Gasteiger partial charge in [-0.15, -0.1) is 0 Å². The van der Waals surface area contributed by atoms with Crippen LogP contribution in [-0.4, -0.2) is 42.4 Å². The molecule has 0 unspecified atom stereocenters. The van der Waals surface area contributed by atoms with E-state index in [9.17, 15) is 20.0 Å². The summed E-state index contributed by atoms with van der Waals surface area (Å²) >= 11 is 5.81. The van der Waals surface area contributed by atoms with Gasteiger partial charge in [0.2, 0.25) is 0 Å². The molecular weight excluding hydrogens is 290 g/mol. The Kier molecular flexibility index (Phi) is 6.16. The molecule has 0 aliphatic rings. The van der Waals surface area contributed by atoms with Gasteiger partial charge in [-0.25, -0.2) is 4.79 Å². The lowest BCUT2D eigenvalue weighted by Gasteiger charge is -2.12. The molecule has 8 nitrogen and oxygen atoms in total. The molecule has 9 heteroatoms. The molecule has 0 fully saturated rings. The second-order valence-electron chi connectivity index (χ2n) is 3.87. The molecule has 1 aromatic rings. The van der Waals surface area contributed by atoms with E-state index in [1.807, 2.05) is 0 Å². The van der Waals surface area contributed by atoms with E-state index in [1.165, 1.54) is 19.2 Å². The average Bonchev–Trinajstić information content (AvgIpc) is 2.39. The summed E-state index contributed by atoms with van der Waals surface area (Å²) in [5.74, 6) is 0. The quantitative estimate of drug-likeness (QED) is 0.542. The number of amides is 2. The number of hydrogen-bond acceptors (Lipinski definition) is 5. The van der Waals surface area contributed by atoms with Gasteiger partial charge in [0.1, 0.15) is 0 Å². The van der Waals surface area contributed by atoms with E-state index in [0.29, 0.717) is 0 Å². The number of carbonyl (C=O) groups is 1. The van der Waals surface area contributed by atoms with Crippen LogP contribution in [0.1, 0.15) is 0 Å². The number of benzene rings is 1. The van der Waals surface area contributed by atoms with Crippen molar-refractivity contribution in [3.8, 4) is 0 Å². The maximum Gasteiger partial charge on any atom is 0.319 e. The van der Waals surface area contributed by atoms with Crippen LogP contribution >= 0.6 is 11.6 Å². The Morgan fingerprint density at radius 3 is 2.85 bits per heavy atom. The molecular formula is C11H14ClN3O5. The van der Waals surface area contributed by atoms with Gasteiger partial charge in [-0.3, -0.25) is 10.1 Å². The maximum absolute atomic E-state index is 11.5. The fraction of sp³-hybridized carbons (Fsp3) is 0.364. The summed E-state index contributed by atoms with van der Waals surface area (Å²) in [5.41, 5.74) is 0.0625. The number of nitro groups is 1. The number of ether oxygens (including phenoxy) is 1. The molecule has 0 aromatic heterocycles. The molecule has 20 heavy (non-hydrogen) atoms. The van der Waals surface area contributed by atoms with Crippen LogP contribution in [0, 0.1) is 10.1 Å². The fourth-order valence-corrected chi connectivity index (χ4v) is 1.57. The lowest BCUT2D eigenvalue weighted by Crippen LogP contribution is -2.37. The van der Waals surface area contributed by atoms with Gasteiger partial charge in [0, 0.05) is 25.8 Å². The summed E-state index contributed by atoms with van der Waals surface area (Å²) in [5, 5.41) is 24.8. The standard InChI is InChI=1S/C11H14ClN3O5/c1-20-6-8(16)5-13-11(17)14-10-3-2-7(15(18)19)4-9(10)12/h2-4,8,16H,5-6H2,1H3,(H2,13,14,17)/t8-/m1/s1. The van der Waals surface area contributed by atoms with Crippen molar-refractivity contribution in [2.45, 2.75) is 6.10 Å². The molecule has 2 amide bonds. The van der Waals surface area contributed by atoms with Crippen LogP contribution in [0.25, 0.3) is 0 Å². The summed E-state index contributed by atoms with van der Waals surface area (Å²) in [4.78, 5) is 21.5. The van der Waals surface area contributed by atoms with Crippen LogP contribution in [0.3, 0.4) is 0 Å². The van der Waals surface area contributed by atoms with Gasteiger partial charge < -0.3 is 20.5 Å². The van der Waals surface area contributed by atoms with Crippen molar-refractivity contribution in [3.05, 3.63) is 33.3 Å². The van der Waals surface area contributed by atoms with E-state index < -0.39 is 17.1 Å². The molecule has 0 heterocycles. The van der Waals surface area contributed by atoms with Crippen LogP contribution in [0.15, 0.2) is 18.2 Å². The first-order chi connectivity index (χ1) is 9.43. The third-order valence-electron chi connectivity index (χ3n) is 2.27. The number of nitrogens with one attached hydrogen (secondary N) is 2. The third kappa shape index (κ3) is 5.00. The highest BCUT2D eigenvalue weighted by molar-refractivity contribution is 6.33. The zero-order chi connectivity index (χ0) is 15.1. The van der Waals surface area contributed by atoms with Crippen molar-refractivity contribution < 1.29 is 19.6 Å². The van der Waals surface area contributed by atoms with Gasteiger partial charge in [0.05, 0.1) is 28.3 Å². The van der Waals surface area contributed by atoms with Crippen molar-refractivity contribution in [2.24, 2.45) is 0 Å².